The van der Waals surface area contributed by atoms with Crippen molar-refractivity contribution < 1.29 is 4.79 Å². The van der Waals surface area contributed by atoms with E-state index >= 15 is 0 Å². The number of rotatable bonds is 4. The van der Waals surface area contributed by atoms with Gasteiger partial charge in [-0.2, -0.15) is 0 Å². The molecule has 0 spiro atoms. The molecule has 0 aliphatic heterocycles. The molecule has 2 aromatic rings. The third-order valence-electron chi connectivity index (χ3n) is 2.94. The standard InChI is InChI=1S/C17H17NOS/c1-13-6-3-4-7-14(13)10-11-17(19)18-15-8-5-9-16(12-15)20-2/h3-12H,1-2H3,(H,18,19)/b11-10+. The van der Waals surface area contributed by atoms with Gasteiger partial charge >= 0.3 is 0 Å². The lowest BCUT2D eigenvalue weighted by atomic mass is 10.1. The van der Waals surface area contributed by atoms with Gasteiger partial charge in [-0.25, -0.2) is 0 Å². The summed E-state index contributed by atoms with van der Waals surface area (Å²) in [5.41, 5.74) is 3.03. The second-order valence-electron chi connectivity index (χ2n) is 4.41. The second kappa shape index (κ2) is 6.96. The monoisotopic (exact) mass is 283 g/mol. The lowest BCUT2D eigenvalue weighted by Gasteiger charge is -2.04. The van der Waals surface area contributed by atoms with Gasteiger partial charge in [0, 0.05) is 16.7 Å². The summed E-state index contributed by atoms with van der Waals surface area (Å²) in [5, 5.41) is 2.87. The Kier molecular flexibility index (Phi) is 5.02. The molecule has 0 aromatic heterocycles. The lowest BCUT2D eigenvalue weighted by molar-refractivity contribution is -0.111. The summed E-state index contributed by atoms with van der Waals surface area (Å²) >= 11 is 1.65. The van der Waals surface area contributed by atoms with Crippen molar-refractivity contribution in [2.45, 2.75) is 11.8 Å². The fraction of sp³-hybridized carbons (Fsp3) is 0.118. The number of anilines is 1. The minimum Gasteiger partial charge on any atom is -0.322 e. The van der Waals surface area contributed by atoms with E-state index in [0.29, 0.717) is 0 Å². The molecule has 0 saturated carbocycles. The second-order valence-corrected chi connectivity index (χ2v) is 5.29. The molecule has 1 amide bonds. The first-order valence-electron chi connectivity index (χ1n) is 6.38. The quantitative estimate of drug-likeness (QED) is 0.667. The topological polar surface area (TPSA) is 29.1 Å². The van der Waals surface area contributed by atoms with E-state index in [2.05, 4.69) is 5.32 Å². The van der Waals surface area contributed by atoms with Crippen LogP contribution in [0.25, 0.3) is 6.08 Å². The van der Waals surface area contributed by atoms with E-state index < -0.39 is 0 Å². The maximum atomic E-state index is 11.9. The molecule has 102 valence electrons. The van der Waals surface area contributed by atoms with Gasteiger partial charge in [-0.3, -0.25) is 4.79 Å². The third-order valence-corrected chi connectivity index (χ3v) is 3.67. The summed E-state index contributed by atoms with van der Waals surface area (Å²) in [6.45, 7) is 2.03. The zero-order valence-corrected chi connectivity index (χ0v) is 12.4. The highest BCUT2D eigenvalue weighted by Gasteiger charge is 1.99. The van der Waals surface area contributed by atoms with Crippen LogP contribution in [0.2, 0.25) is 0 Å². The van der Waals surface area contributed by atoms with E-state index in [1.165, 1.54) is 0 Å². The molecule has 0 unspecified atom stereocenters. The van der Waals surface area contributed by atoms with Gasteiger partial charge in [-0.15, -0.1) is 11.8 Å². The van der Waals surface area contributed by atoms with Crippen molar-refractivity contribution in [1.82, 2.24) is 0 Å². The van der Waals surface area contributed by atoms with Crippen LogP contribution in [0.15, 0.2) is 59.5 Å². The normalized spacial score (nSPS) is 10.7. The van der Waals surface area contributed by atoms with Crippen LogP contribution in [-0.2, 0) is 4.79 Å². The number of hydrogen-bond donors (Lipinski definition) is 1. The molecule has 0 aliphatic rings. The Bertz CT molecular complexity index is 634. The number of thioether (sulfide) groups is 1. The zero-order chi connectivity index (χ0) is 14.4. The lowest BCUT2D eigenvalue weighted by Crippen LogP contribution is -2.07. The van der Waals surface area contributed by atoms with Crippen molar-refractivity contribution in [3.63, 3.8) is 0 Å². The van der Waals surface area contributed by atoms with Crippen LogP contribution < -0.4 is 5.32 Å². The van der Waals surface area contributed by atoms with Crippen molar-refractivity contribution in [1.29, 1.82) is 0 Å². The van der Waals surface area contributed by atoms with E-state index in [1.54, 1.807) is 17.8 Å². The Labute approximate surface area is 123 Å². The summed E-state index contributed by atoms with van der Waals surface area (Å²) in [5.74, 6) is -0.119. The van der Waals surface area contributed by atoms with Crippen molar-refractivity contribution in [3.8, 4) is 0 Å². The van der Waals surface area contributed by atoms with Crippen LogP contribution >= 0.6 is 11.8 Å². The molecule has 0 radical (unpaired) electrons. The van der Waals surface area contributed by atoms with Crippen LogP contribution in [0.5, 0.6) is 0 Å². The van der Waals surface area contributed by atoms with Crippen molar-refractivity contribution >= 4 is 29.4 Å². The first-order chi connectivity index (χ1) is 9.69. The first-order valence-corrected chi connectivity index (χ1v) is 7.60. The number of nitrogens with one attached hydrogen (secondary N) is 1. The molecule has 2 aromatic carbocycles. The average molecular weight is 283 g/mol. The van der Waals surface area contributed by atoms with Crippen LogP contribution in [-0.4, -0.2) is 12.2 Å². The molecule has 2 nitrogen and oxygen atoms in total. The predicted octanol–water partition coefficient (Wildman–Crippen LogP) is 4.37. The first kappa shape index (κ1) is 14.4. The molecule has 0 fully saturated rings. The van der Waals surface area contributed by atoms with E-state index in [4.69, 9.17) is 0 Å². The molecule has 2 rings (SSSR count). The fourth-order valence-corrected chi connectivity index (χ4v) is 2.28. The van der Waals surface area contributed by atoms with Crippen molar-refractivity contribution in [2.75, 3.05) is 11.6 Å². The van der Waals surface area contributed by atoms with Gasteiger partial charge in [-0.05, 0) is 48.6 Å². The van der Waals surface area contributed by atoms with Gasteiger partial charge in [0.15, 0.2) is 0 Å². The third kappa shape index (κ3) is 4.00. The largest absolute Gasteiger partial charge is 0.322 e. The minimum absolute atomic E-state index is 0.119. The molecular weight excluding hydrogens is 266 g/mol. The summed E-state index contributed by atoms with van der Waals surface area (Å²) in [6, 6.07) is 15.8. The minimum atomic E-state index is -0.119. The maximum Gasteiger partial charge on any atom is 0.248 e. The maximum absolute atomic E-state index is 11.9. The highest BCUT2D eigenvalue weighted by molar-refractivity contribution is 7.98. The van der Waals surface area contributed by atoms with Crippen molar-refractivity contribution in [2.24, 2.45) is 0 Å². The predicted molar refractivity (Wildman–Crippen MR) is 87.1 cm³/mol. The summed E-state index contributed by atoms with van der Waals surface area (Å²) in [6.07, 6.45) is 5.41. The zero-order valence-electron chi connectivity index (χ0n) is 11.6. The van der Waals surface area contributed by atoms with Gasteiger partial charge in [0.2, 0.25) is 5.91 Å². The molecular formula is C17H17NOS. The molecule has 3 heteroatoms. The Morgan fingerprint density at radius 1 is 1.15 bits per heavy atom. The number of carbonyl (C=O) groups excluding carboxylic acids is 1. The summed E-state index contributed by atoms with van der Waals surface area (Å²) < 4.78 is 0. The van der Waals surface area contributed by atoms with Crippen molar-refractivity contribution in [3.05, 3.63) is 65.7 Å². The fourth-order valence-electron chi connectivity index (χ4n) is 1.82. The molecule has 0 bridgehead atoms. The van der Waals surface area contributed by atoms with Crippen LogP contribution in [0.4, 0.5) is 5.69 Å². The van der Waals surface area contributed by atoms with E-state index in [1.807, 2.05) is 67.8 Å². The number of benzene rings is 2. The molecule has 20 heavy (non-hydrogen) atoms. The van der Waals surface area contributed by atoms with Crippen LogP contribution in [0.1, 0.15) is 11.1 Å². The van der Waals surface area contributed by atoms with Crippen LogP contribution in [0, 0.1) is 6.92 Å². The molecule has 0 saturated heterocycles. The Hall–Kier alpha value is -2.00. The molecule has 1 N–H and O–H groups in total. The summed E-state index contributed by atoms with van der Waals surface area (Å²) in [7, 11) is 0. The van der Waals surface area contributed by atoms with E-state index in [9.17, 15) is 4.79 Å². The van der Waals surface area contributed by atoms with E-state index in [-0.39, 0.29) is 5.91 Å². The Balaban J connectivity index is 2.04. The van der Waals surface area contributed by atoms with Gasteiger partial charge in [0.1, 0.15) is 0 Å². The number of aryl methyl sites for hydroxylation is 1. The number of amides is 1. The molecule has 0 aliphatic carbocycles. The highest BCUT2D eigenvalue weighted by atomic mass is 32.2. The van der Waals surface area contributed by atoms with E-state index in [0.717, 1.165) is 21.7 Å². The molecule has 0 heterocycles. The summed E-state index contributed by atoms with van der Waals surface area (Å²) in [4.78, 5) is 13.0. The number of hydrogen-bond acceptors (Lipinski definition) is 2. The van der Waals surface area contributed by atoms with Gasteiger partial charge in [0.05, 0.1) is 0 Å². The number of carbonyl (C=O) groups is 1. The van der Waals surface area contributed by atoms with Crippen LogP contribution in [0.3, 0.4) is 0 Å². The highest BCUT2D eigenvalue weighted by Crippen LogP contribution is 2.19. The SMILES string of the molecule is CSc1cccc(NC(=O)/C=C/c2ccccc2C)c1. The molecule has 0 atom stereocenters. The Morgan fingerprint density at radius 2 is 1.95 bits per heavy atom. The Morgan fingerprint density at radius 3 is 2.70 bits per heavy atom. The van der Waals surface area contributed by atoms with Gasteiger partial charge in [-0.1, -0.05) is 30.3 Å². The van der Waals surface area contributed by atoms with Gasteiger partial charge in [0.25, 0.3) is 0 Å². The average Bonchev–Trinajstić information content (AvgIpc) is 2.46. The smallest absolute Gasteiger partial charge is 0.248 e. The van der Waals surface area contributed by atoms with Gasteiger partial charge < -0.3 is 5.32 Å².